The molecule has 0 bridgehead atoms. The number of hydrogen-bond acceptors (Lipinski definition) is 8. The van der Waals surface area contributed by atoms with Crippen molar-refractivity contribution in [2.24, 2.45) is 0 Å². The van der Waals surface area contributed by atoms with Crippen LogP contribution >= 0.6 is 34.3 Å². The SMILES string of the molecule is Cc1cnc(-c2nc(N)c(O)nc2-c2cc(Cl)c3ncsc3c2)s1. The number of nitrogen functional groups attached to an aromatic ring is 1. The van der Waals surface area contributed by atoms with Crippen molar-refractivity contribution in [2.75, 3.05) is 5.73 Å². The highest BCUT2D eigenvalue weighted by Crippen LogP contribution is 2.38. The molecule has 3 heterocycles. The van der Waals surface area contributed by atoms with E-state index in [-0.39, 0.29) is 11.7 Å². The lowest BCUT2D eigenvalue weighted by molar-refractivity contribution is 0.455. The number of anilines is 1. The van der Waals surface area contributed by atoms with Gasteiger partial charge >= 0.3 is 0 Å². The quantitative estimate of drug-likeness (QED) is 0.546. The third kappa shape index (κ3) is 2.48. The van der Waals surface area contributed by atoms with Crippen LogP contribution in [0, 0.1) is 6.92 Å². The zero-order valence-corrected chi connectivity index (χ0v) is 14.7. The van der Waals surface area contributed by atoms with Crippen molar-refractivity contribution in [3.8, 4) is 27.8 Å². The number of hydrogen-bond donors (Lipinski definition) is 2. The number of thiazole rings is 2. The summed E-state index contributed by atoms with van der Waals surface area (Å²) in [6, 6.07) is 3.68. The third-order valence-electron chi connectivity index (χ3n) is 3.39. The summed E-state index contributed by atoms with van der Waals surface area (Å²) in [5.74, 6) is -0.353. The van der Waals surface area contributed by atoms with E-state index in [2.05, 4.69) is 19.9 Å². The van der Waals surface area contributed by atoms with Gasteiger partial charge in [-0.25, -0.2) is 19.9 Å². The summed E-state index contributed by atoms with van der Waals surface area (Å²) in [5, 5.41) is 11.1. The molecule has 0 saturated carbocycles. The van der Waals surface area contributed by atoms with E-state index < -0.39 is 0 Å². The number of fused-ring (bicyclic) bond motifs is 1. The minimum absolute atomic E-state index is 0.0356. The number of nitrogens with two attached hydrogens (primary N) is 1. The van der Waals surface area contributed by atoms with Crippen molar-refractivity contribution >= 4 is 50.3 Å². The molecule has 0 aliphatic rings. The van der Waals surface area contributed by atoms with Crippen LogP contribution in [0.5, 0.6) is 5.88 Å². The van der Waals surface area contributed by atoms with Crippen LogP contribution in [0.25, 0.3) is 32.2 Å². The summed E-state index contributed by atoms with van der Waals surface area (Å²) in [6.45, 7) is 1.96. The summed E-state index contributed by atoms with van der Waals surface area (Å²) >= 11 is 9.28. The molecule has 0 aliphatic carbocycles. The van der Waals surface area contributed by atoms with E-state index in [0.717, 1.165) is 20.7 Å². The fourth-order valence-corrected chi connectivity index (χ4v) is 4.14. The van der Waals surface area contributed by atoms with Gasteiger partial charge in [0.25, 0.3) is 5.88 Å². The first kappa shape index (κ1) is 15.3. The van der Waals surface area contributed by atoms with Crippen molar-refractivity contribution in [3.05, 3.63) is 33.7 Å². The molecule has 0 atom stereocenters. The zero-order chi connectivity index (χ0) is 16.8. The molecule has 3 aromatic heterocycles. The first-order chi connectivity index (χ1) is 11.5. The Morgan fingerprint density at radius 1 is 1.17 bits per heavy atom. The topological polar surface area (TPSA) is 97.8 Å². The van der Waals surface area contributed by atoms with Crippen molar-refractivity contribution in [3.63, 3.8) is 0 Å². The van der Waals surface area contributed by atoms with Gasteiger partial charge < -0.3 is 10.8 Å². The van der Waals surface area contributed by atoms with Gasteiger partial charge in [0.05, 0.1) is 20.7 Å². The van der Waals surface area contributed by atoms with Crippen molar-refractivity contribution in [1.82, 2.24) is 19.9 Å². The molecule has 0 saturated heterocycles. The molecule has 0 amide bonds. The number of aromatic hydroxyl groups is 1. The largest absolute Gasteiger partial charge is 0.491 e. The van der Waals surface area contributed by atoms with E-state index in [9.17, 15) is 5.11 Å². The maximum absolute atomic E-state index is 9.92. The van der Waals surface area contributed by atoms with Gasteiger partial charge in [-0.2, -0.15) is 0 Å². The maximum atomic E-state index is 9.92. The molecular weight excluding hydrogens is 366 g/mol. The number of aromatic nitrogens is 4. The lowest BCUT2D eigenvalue weighted by atomic mass is 10.1. The van der Waals surface area contributed by atoms with Crippen molar-refractivity contribution < 1.29 is 5.11 Å². The lowest BCUT2D eigenvalue weighted by Gasteiger charge is -2.09. The van der Waals surface area contributed by atoms with Gasteiger partial charge in [-0.15, -0.1) is 22.7 Å². The number of halogens is 1. The first-order valence-electron chi connectivity index (χ1n) is 6.85. The Morgan fingerprint density at radius 3 is 2.75 bits per heavy atom. The molecule has 0 spiro atoms. The Balaban J connectivity index is 2.00. The predicted molar refractivity (Wildman–Crippen MR) is 97.6 cm³/mol. The molecule has 0 radical (unpaired) electrons. The number of aryl methyl sites for hydroxylation is 1. The second kappa shape index (κ2) is 5.66. The van der Waals surface area contributed by atoms with Crippen LogP contribution in [0.2, 0.25) is 5.02 Å². The monoisotopic (exact) mass is 375 g/mol. The van der Waals surface area contributed by atoms with Crippen LogP contribution in [-0.2, 0) is 0 Å². The van der Waals surface area contributed by atoms with Gasteiger partial charge in [0, 0.05) is 16.6 Å². The van der Waals surface area contributed by atoms with E-state index in [1.54, 1.807) is 17.8 Å². The molecule has 3 N–H and O–H groups in total. The van der Waals surface area contributed by atoms with E-state index in [4.69, 9.17) is 17.3 Å². The van der Waals surface area contributed by atoms with Gasteiger partial charge in [0.2, 0.25) is 0 Å². The standard InChI is InChI=1S/C15H10ClN5OS2/c1-6-4-18-15(24-6)12-10(21-14(22)13(17)20-12)7-2-8(16)11-9(3-7)23-5-19-11/h2-5H,1H3,(H2,17,20)(H,21,22). The molecule has 0 fully saturated rings. The molecule has 4 aromatic rings. The van der Waals surface area contributed by atoms with Crippen LogP contribution in [0.3, 0.4) is 0 Å². The summed E-state index contributed by atoms with van der Waals surface area (Å²) in [6.07, 6.45) is 1.76. The normalized spacial score (nSPS) is 11.2. The molecule has 120 valence electrons. The number of nitrogens with zero attached hydrogens (tertiary/aromatic N) is 4. The fourth-order valence-electron chi connectivity index (χ4n) is 2.32. The molecule has 0 unspecified atom stereocenters. The average molecular weight is 376 g/mol. The van der Waals surface area contributed by atoms with Gasteiger partial charge in [-0.3, -0.25) is 0 Å². The van der Waals surface area contributed by atoms with E-state index in [1.807, 2.05) is 13.0 Å². The Kier molecular flexibility index (Phi) is 3.60. The molecule has 0 aliphatic heterocycles. The Labute approximate surface area is 149 Å². The minimum atomic E-state index is -0.317. The molecular formula is C15H10ClN5OS2. The molecule has 24 heavy (non-hydrogen) atoms. The minimum Gasteiger partial charge on any atom is -0.491 e. The van der Waals surface area contributed by atoms with Crippen molar-refractivity contribution in [1.29, 1.82) is 0 Å². The van der Waals surface area contributed by atoms with Crippen LogP contribution in [-0.4, -0.2) is 25.0 Å². The van der Waals surface area contributed by atoms with Gasteiger partial charge in [0.15, 0.2) is 5.82 Å². The Hall–Kier alpha value is -2.29. The second-order valence-electron chi connectivity index (χ2n) is 5.06. The Bertz CT molecular complexity index is 1080. The Morgan fingerprint density at radius 2 is 2.00 bits per heavy atom. The maximum Gasteiger partial charge on any atom is 0.255 e. The molecule has 1 aromatic carbocycles. The first-order valence-corrected chi connectivity index (χ1v) is 8.92. The molecule has 6 nitrogen and oxygen atoms in total. The zero-order valence-electron chi connectivity index (χ0n) is 12.3. The second-order valence-corrected chi connectivity index (χ2v) is 7.59. The van der Waals surface area contributed by atoms with Crippen molar-refractivity contribution in [2.45, 2.75) is 6.92 Å². The van der Waals surface area contributed by atoms with Gasteiger partial charge in [-0.05, 0) is 19.1 Å². The summed E-state index contributed by atoms with van der Waals surface area (Å²) in [7, 11) is 0. The van der Waals surface area contributed by atoms with Gasteiger partial charge in [-0.1, -0.05) is 11.6 Å². The van der Waals surface area contributed by atoms with Gasteiger partial charge in [0.1, 0.15) is 16.4 Å². The smallest absolute Gasteiger partial charge is 0.255 e. The van der Waals surface area contributed by atoms with E-state index in [1.165, 1.54) is 22.7 Å². The summed E-state index contributed by atoms with van der Waals surface area (Å²) in [4.78, 5) is 18.1. The number of benzene rings is 1. The number of rotatable bonds is 2. The average Bonchev–Trinajstić information content (AvgIpc) is 3.18. The lowest BCUT2D eigenvalue weighted by Crippen LogP contribution is -1.99. The van der Waals surface area contributed by atoms with Crippen LogP contribution < -0.4 is 5.73 Å². The third-order valence-corrected chi connectivity index (χ3v) is 5.37. The summed E-state index contributed by atoms with van der Waals surface area (Å²) in [5.41, 5.74) is 9.93. The molecule has 4 rings (SSSR count). The van der Waals surface area contributed by atoms with E-state index in [0.29, 0.717) is 21.4 Å². The van der Waals surface area contributed by atoms with Crippen LogP contribution in [0.4, 0.5) is 5.82 Å². The van der Waals surface area contributed by atoms with Crippen LogP contribution in [0.1, 0.15) is 4.88 Å². The summed E-state index contributed by atoms with van der Waals surface area (Å²) < 4.78 is 0.928. The highest BCUT2D eigenvalue weighted by atomic mass is 35.5. The van der Waals surface area contributed by atoms with Crippen LogP contribution in [0.15, 0.2) is 23.8 Å². The highest BCUT2D eigenvalue weighted by molar-refractivity contribution is 7.16. The predicted octanol–water partition coefficient (Wildman–Crippen LogP) is 4.13. The van der Waals surface area contributed by atoms with E-state index >= 15 is 0 Å². The molecule has 9 heteroatoms. The highest BCUT2D eigenvalue weighted by Gasteiger charge is 2.19. The fraction of sp³-hybridized carbons (Fsp3) is 0.0667.